The predicted octanol–water partition coefficient (Wildman–Crippen LogP) is 2.37. The molecule has 1 rings (SSSR count). The van der Waals surface area contributed by atoms with Crippen LogP contribution < -0.4 is 0 Å². The molecule has 0 fully saturated rings. The lowest BCUT2D eigenvalue weighted by Gasteiger charge is -2.17. The topological polar surface area (TPSA) is 3.24 Å². The predicted molar refractivity (Wildman–Crippen MR) is 56.8 cm³/mol. The summed E-state index contributed by atoms with van der Waals surface area (Å²) in [5, 5.41) is 0. The first-order chi connectivity index (χ1) is 6.36. The van der Waals surface area contributed by atoms with Crippen molar-refractivity contribution in [1.29, 1.82) is 0 Å². The molecule has 13 heavy (non-hydrogen) atoms. The van der Waals surface area contributed by atoms with Crippen molar-refractivity contribution >= 4 is 0 Å². The van der Waals surface area contributed by atoms with Gasteiger partial charge in [0.1, 0.15) is 0 Å². The summed E-state index contributed by atoms with van der Waals surface area (Å²) in [6.07, 6.45) is 1.15. The molecular weight excluding hydrogens is 158 g/mol. The largest absolute Gasteiger partial charge is 0.304 e. The molecule has 1 aromatic rings. The van der Waals surface area contributed by atoms with Crippen LogP contribution in [0.1, 0.15) is 19.4 Å². The minimum Gasteiger partial charge on any atom is -0.304 e. The molecule has 0 heterocycles. The molecule has 0 N–H and O–H groups in total. The van der Waals surface area contributed by atoms with Crippen LogP contribution in [0.25, 0.3) is 0 Å². The zero-order valence-electron chi connectivity index (χ0n) is 8.59. The van der Waals surface area contributed by atoms with Crippen molar-refractivity contribution in [3.8, 4) is 0 Å². The van der Waals surface area contributed by atoms with E-state index in [1.165, 1.54) is 5.56 Å². The Balaban J connectivity index is 2.34. The highest BCUT2D eigenvalue weighted by atomic mass is 15.1. The van der Waals surface area contributed by atoms with E-state index in [2.05, 4.69) is 36.9 Å². The van der Waals surface area contributed by atoms with Crippen LogP contribution in [0.4, 0.5) is 0 Å². The number of benzene rings is 1. The SMILES string of the molecule is CCN(CC)CCc1cc[c]cc1. The van der Waals surface area contributed by atoms with Gasteiger partial charge in [-0.1, -0.05) is 38.1 Å². The molecule has 0 aliphatic rings. The molecule has 0 aliphatic heterocycles. The van der Waals surface area contributed by atoms with E-state index in [1.54, 1.807) is 0 Å². The van der Waals surface area contributed by atoms with Gasteiger partial charge in [-0.2, -0.15) is 0 Å². The molecule has 1 nitrogen and oxygen atoms in total. The van der Waals surface area contributed by atoms with Crippen molar-refractivity contribution in [3.05, 3.63) is 35.9 Å². The zero-order chi connectivity index (χ0) is 9.52. The maximum atomic E-state index is 3.03. The third-order valence-corrected chi connectivity index (χ3v) is 2.40. The Kier molecular flexibility index (Phi) is 4.55. The zero-order valence-corrected chi connectivity index (χ0v) is 8.59. The lowest BCUT2D eigenvalue weighted by atomic mass is 10.1. The Morgan fingerprint density at radius 1 is 1.15 bits per heavy atom. The molecule has 71 valence electrons. The van der Waals surface area contributed by atoms with Crippen LogP contribution in [0.2, 0.25) is 0 Å². The fourth-order valence-electron chi connectivity index (χ4n) is 1.42. The first-order valence-electron chi connectivity index (χ1n) is 5.04. The molecule has 0 aromatic heterocycles. The van der Waals surface area contributed by atoms with Crippen molar-refractivity contribution in [3.63, 3.8) is 0 Å². The Morgan fingerprint density at radius 2 is 1.77 bits per heavy atom. The Morgan fingerprint density at radius 3 is 2.31 bits per heavy atom. The summed E-state index contributed by atoms with van der Waals surface area (Å²) in [5.74, 6) is 0. The summed E-state index contributed by atoms with van der Waals surface area (Å²) < 4.78 is 0. The normalized spacial score (nSPS) is 10.7. The van der Waals surface area contributed by atoms with Crippen LogP contribution in [-0.2, 0) is 6.42 Å². The summed E-state index contributed by atoms with van der Waals surface area (Å²) in [5.41, 5.74) is 1.41. The van der Waals surface area contributed by atoms with Crippen LogP contribution in [0, 0.1) is 6.07 Å². The number of rotatable bonds is 5. The van der Waals surface area contributed by atoms with Gasteiger partial charge >= 0.3 is 0 Å². The van der Waals surface area contributed by atoms with Crippen molar-refractivity contribution in [1.82, 2.24) is 4.90 Å². The van der Waals surface area contributed by atoms with E-state index in [4.69, 9.17) is 0 Å². The van der Waals surface area contributed by atoms with E-state index < -0.39 is 0 Å². The van der Waals surface area contributed by atoms with Gasteiger partial charge in [0.25, 0.3) is 0 Å². The minimum absolute atomic E-state index is 1.15. The van der Waals surface area contributed by atoms with Crippen molar-refractivity contribution in [2.24, 2.45) is 0 Å². The van der Waals surface area contributed by atoms with Crippen LogP contribution in [0.3, 0.4) is 0 Å². The first kappa shape index (κ1) is 10.3. The highest BCUT2D eigenvalue weighted by Crippen LogP contribution is 2.00. The quantitative estimate of drug-likeness (QED) is 0.665. The second kappa shape index (κ2) is 5.76. The molecule has 0 atom stereocenters. The second-order valence-electron chi connectivity index (χ2n) is 3.19. The Labute approximate surface area is 81.4 Å². The van der Waals surface area contributed by atoms with Gasteiger partial charge < -0.3 is 4.90 Å². The van der Waals surface area contributed by atoms with Gasteiger partial charge in [-0.05, 0) is 31.1 Å². The summed E-state index contributed by atoms with van der Waals surface area (Å²) >= 11 is 0. The molecule has 1 heteroatoms. The number of likely N-dealkylation sites (N-methyl/N-ethyl adjacent to an activating group) is 1. The van der Waals surface area contributed by atoms with Gasteiger partial charge in [0.15, 0.2) is 0 Å². The molecule has 1 aromatic carbocycles. The summed E-state index contributed by atoms with van der Waals surface area (Å²) in [4.78, 5) is 2.44. The third-order valence-electron chi connectivity index (χ3n) is 2.40. The molecule has 0 saturated heterocycles. The maximum Gasteiger partial charge on any atom is 0.00216 e. The second-order valence-corrected chi connectivity index (χ2v) is 3.19. The number of nitrogens with zero attached hydrogens (tertiary/aromatic N) is 1. The molecular formula is C12H18N. The lowest BCUT2D eigenvalue weighted by molar-refractivity contribution is 0.308. The standard InChI is InChI=1S/C12H18N/c1-3-13(4-2)11-10-12-8-6-5-7-9-12/h6-9H,3-4,10-11H2,1-2H3. The molecule has 1 radical (unpaired) electrons. The summed E-state index contributed by atoms with van der Waals surface area (Å²) in [6.45, 7) is 7.88. The van der Waals surface area contributed by atoms with Gasteiger partial charge in [0.2, 0.25) is 0 Å². The van der Waals surface area contributed by atoms with Crippen LogP contribution in [0.5, 0.6) is 0 Å². The lowest BCUT2D eigenvalue weighted by Crippen LogP contribution is -2.25. The van der Waals surface area contributed by atoms with Crippen molar-refractivity contribution in [2.75, 3.05) is 19.6 Å². The minimum atomic E-state index is 1.15. The van der Waals surface area contributed by atoms with Gasteiger partial charge in [-0.3, -0.25) is 0 Å². The molecule has 0 spiro atoms. The third kappa shape index (κ3) is 3.60. The number of hydrogen-bond donors (Lipinski definition) is 0. The van der Waals surface area contributed by atoms with E-state index in [0.29, 0.717) is 0 Å². The maximum absolute atomic E-state index is 3.03. The van der Waals surface area contributed by atoms with Gasteiger partial charge in [-0.15, -0.1) is 0 Å². The van der Waals surface area contributed by atoms with E-state index in [1.807, 2.05) is 12.1 Å². The van der Waals surface area contributed by atoms with Gasteiger partial charge in [0, 0.05) is 6.54 Å². The van der Waals surface area contributed by atoms with Crippen molar-refractivity contribution in [2.45, 2.75) is 20.3 Å². The van der Waals surface area contributed by atoms with Gasteiger partial charge in [-0.25, -0.2) is 0 Å². The van der Waals surface area contributed by atoms with Crippen LogP contribution in [0.15, 0.2) is 24.3 Å². The Bertz CT molecular complexity index is 214. The highest BCUT2D eigenvalue weighted by molar-refractivity contribution is 5.13. The average molecular weight is 176 g/mol. The average Bonchev–Trinajstić information content (AvgIpc) is 2.21. The van der Waals surface area contributed by atoms with E-state index in [9.17, 15) is 0 Å². The summed E-state index contributed by atoms with van der Waals surface area (Å²) in [6, 6.07) is 11.3. The van der Waals surface area contributed by atoms with E-state index in [0.717, 1.165) is 26.1 Å². The van der Waals surface area contributed by atoms with Gasteiger partial charge in [0.05, 0.1) is 0 Å². The first-order valence-corrected chi connectivity index (χ1v) is 5.04. The molecule has 0 bridgehead atoms. The Hall–Kier alpha value is -0.820. The van der Waals surface area contributed by atoms with E-state index >= 15 is 0 Å². The number of hydrogen-bond acceptors (Lipinski definition) is 1. The van der Waals surface area contributed by atoms with E-state index in [-0.39, 0.29) is 0 Å². The van der Waals surface area contributed by atoms with Crippen molar-refractivity contribution < 1.29 is 0 Å². The van der Waals surface area contributed by atoms with Crippen LogP contribution in [-0.4, -0.2) is 24.5 Å². The summed E-state index contributed by atoms with van der Waals surface area (Å²) in [7, 11) is 0. The molecule has 0 saturated carbocycles. The fourth-order valence-corrected chi connectivity index (χ4v) is 1.42. The molecule has 0 amide bonds. The monoisotopic (exact) mass is 176 g/mol. The smallest absolute Gasteiger partial charge is 0.00216 e. The fraction of sp³-hybridized carbons (Fsp3) is 0.500. The van der Waals surface area contributed by atoms with Crippen LogP contribution >= 0.6 is 0 Å². The molecule has 0 aliphatic carbocycles. The molecule has 0 unspecified atom stereocenters. The highest BCUT2D eigenvalue weighted by Gasteiger charge is 1.98.